The summed E-state index contributed by atoms with van der Waals surface area (Å²) in [4.78, 5) is 0. The van der Waals surface area contributed by atoms with Crippen LogP contribution in [0.4, 0.5) is 0 Å². The molecule has 0 fully saturated rings. The molecule has 0 radical (unpaired) electrons. The van der Waals surface area contributed by atoms with E-state index in [0.717, 1.165) is 0 Å². The van der Waals surface area contributed by atoms with E-state index in [4.69, 9.17) is 16.2 Å². The molecule has 0 aliphatic rings. The number of methoxy groups -OCH3 is 1. The third kappa shape index (κ3) is 2.87. The van der Waals surface area contributed by atoms with E-state index in [0.29, 0.717) is 11.3 Å². The van der Waals surface area contributed by atoms with Gasteiger partial charge in [0.25, 0.3) is 5.96 Å². The number of hydrogen-bond acceptors (Lipinski definition) is 3. The number of hydrazone groups is 1. The van der Waals surface area contributed by atoms with Crippen LogP contribution in [-0.2, 0) is 0 Å². The highest BCUT2D eigenvalue weighted by Crippen LogP contribution is 2.27. The molecule has 6 heteroatoms. The van der Waals surface area contributed by atoms with Crippen LogP contribution >= 0.6 is 0 Å². The topological polar surface area (TPSA) is 108 Å². The predicted octanol–water partition coefficient (Wildman–Crippen LogP) is -1.91. The Morgan fingerprint density at radius 3 is 2.87 bits per heavy atom. The van der Waals surface area contributed by atoms with E-state index in [1.807, 2.05) is 0 Å². The van der Waals surface area contributed by atoms with Gasteiger partial charge in [-0.2, -0.15) is 0 Å². The van der Waals surface area contributed by atoms with Crippen LogP contribution in [0.2, 0.25) is 0 Å². The highest BCUT2D eigenvalue weighted by molar-refractivity contribution is 5.81. The first kappa shape index (κ1) is 10.8. The first-order chi connectivity index (χ1) is 7.15. The SMILES string of the molecule is COc1cccc(/C=[NH+]/N=C(N)N)c1O. The van der Waals surface area contributed by atoms with Gasteiger partial charge in [-0.25, -0.2) is 0 Å². The molecule has 0 amide bonds. The summed E-state index contributed by atoms with van der Waals surface area (Å²) in [5.41, 5.74) is 10.7. The number of nitrogens with one attached hydrogen (secondary N) is 1. The van der Waals surface area contributed by atoms with Gasteiger partial charge in [0.2, 0.25) is 6.21 Å². The van der Waals surface area contributed by atoms with Crippen molar-refractivity contribution in [1.29, 1.82) is 0 Å². The van der Waals surface area contributed by atoms with E-state index >= 15 is 0 Å². The van der Waals surface area contributed by atoms with E-state index in [1.54, 1.807) is 18.2 Å². The number of aromatic hydroxyl groups is 1. The lowest BCUT2D eigenvalue weighted by Gasteiger charge is -2.02. The minimum absolute atomic E-state index is 0.0262. The minimum Gasteiger partial charge on any atom is -0.504 e. The molecule has 0 aliphatic heterocycles. The van der Waals surface area contributed by atoms with Crippen molar-refractivity contribution in [3.8, 4) is 11.5 Å². The summed E-state index contributed by atoms with van der Waals surface area (Å²) in [5, 5.41) is 15.7. The predicted molar refractivity (Wildman–Crippen MR) is 56.6 cm³/mol. The summed E-state index contributed by atoms with van der Waals surface area (Å²) in [6, 6.07) is 5.07. The zero-order valence-corrected chi connectivity index (χ0v) is 8.27. The Morgan fingerprint density at radius 1 is 1.53 bits per heavy atom. The number of guanidine groups is 1. The van der Waals surface area contributed by atoms with Crippen LogP contribution in [0.15, 0.2) is 23.3 Å². The number of hydrogen-bond donors (Lipinski definition) is 4. The van der Waals surface area contributed by atoms with Gasteiger partial charge in [-0.1, -0.05) is 6.07 Å². The molecule has 0 spiro atoms. The smallest absolute Gasteiger partial charge is 0.256 e. The van der Waals surface area contributed by atoms with Crippen molar-refractivity contribution >= 4 is 12.2 Å². The summed E-state index contributed by atoms with van der Waals surface area (Å²) in [7, 11) is 1.47. The first-order valence-electron chi connectivity index (χ1n) is 4.18. The zero-order chi connectivity index (χ0) is 11.3. The molecule has 1 aromatic rings. The van der Waals surface area contributed by atoms with Crippen molar-refractivity contribution in [2.45, 2.75) is 0 Å². The first-order valence-corrected chi connectivity index (χ1v) is 4.18. The average Bonchev–Trinajstić information content (AvgIpc) is 2.20. The Morgan fingerprint density at radius 2 is 2.27 bits per heavy atom. The highest BCUT2D eigenvalue weighted by Gasteiger charge is 2.06. The summed E-state index contributed by atoms with van der Waals surface area (Å²) in [5.74, 6) is 0.321. The molecule has 6 N–H and O–H groups in total. The minimum atomic E-state index is -0.0892. The van der Waals surface area contributed by atoms with Crippen LogP contribution in [0.3, 0.4) is 0 Å². The maximum absolute atomic E-state index is 9.65. The Bertz CT molecular complexity index is 397. The molecule has 6 nitrogen and oxygen atoms in total. The van der Waals surface area contributed by atoms with Gasteiger partial charge in [0.15, 0.2) is 11.5 Å². The molecule has 0 heterocycles. The van der Waals surface area contributed by atoms with Crippen molar-refractivity contribution in [1.82, 2.24) is 0 Å². The monoisotopic (exact) mass is 209 g/mol. The molecular formula is C9H13N4O2+. The quantitative estimate of drug-likeness (QED) is 0.264. The summed E-state index contributed by atoms with van der Waals surface area (Å²) in [6.45, 7) is 0. The Kier molecular flexibility index (Phi) is 3.50. The van der Waals surface area contributed by atoms with Crippen LogP contribution < -0.4 is 21.3 Å². The lowest BCUT2D eigenvalue weighted by atomic mass is 10.2. The molecule has 0 aliphatic carbocycles. The number of para-hydroxylation sites is 1. The molecule has 0 aromatic heterocycles. The second-order valence-electron chi connectivity index (χ2n) is 2.71. The van der Waals surface area contributed by atoms with Crippen molar-refractivity contribution in [2.24, 2.45) is 16.6 Å². The van der Waals surface area contributed by atoms with Crippen LogP contribution in [0.25, 0.3) is 0 Å². The van der Waals surface area contributed by atoms with Crippen LogP contribution in [0.5, 0.6) is 11.5 Å². The maximum atomic E-state index is 9.65. The van der Waals surface area contributed by atoms with Crippen molar-refractivity contribution in [2.75, 3.05) is 7.11 Å². The molecule has 15 heavy (non-hydrogen) atoms. The lowest BCUT2D eigenvalue weighted by molar-refractivity contribution is -0.456. The zero-order valence-electron chi connectivity index (χ0n) is 8.27. The largest absolute Gasteiger partial charge is 0.504 e. The van der Waals surface area contributed by atoms with Gasteiger partial charge in [-0.05, 0) is 12.1 Å². The third-order valence-electron chi connectivity index (χ3n) is 1.66. The van der Waals surface area contributed by atoms with Crippen LogP contribution in [0.1, 0.15) is 5.56 Å². The highest BCUT2D eigenvalue weighted by atomic mass is 16.5. The number of phenolic OH excluding ortho intramolecular Hbond substituents is 1. The molecule has 0 saturated heterocycles. The second-order valence-corrected chi connectivity index (χ2v) is 2.71. The van der Waals surface area contributed by atoms with Gasteiger partial charge in [0.05, 0.1) is 12.7 Å². The van der Waals surface area contributed by atoms with Crippen LogP contribution in [0, 0.1) is 0 Å². The lowest BCUT2D eigenvalue weighted by Crippen LogP contribution is -2.63. The second kappa shape index (κ2) is 4.85. The van der Waals surface area contributed by atoms with Crippen molar-refractivity contribution in [3.05, 3.63) is 23.8 Å². The van der Waals surface area contributed by atoms with E-state index in [2.05, 4.69) is 10.2 Å². The fourth-order valence-corrected chi connectivity index (χ4v) is 0.997. The number of phenols is 1. The molecule has 0 saturated carbocycles. The van der Waals surface area contributed by atoms with E-state index in [1.165, 1.54) is 13.3 Å². The Balaban J connectivity index is 2.95. The van der Waals surface area contributed by atoms with Crippen molar-refractivity contribution in [3.63, 3.8) is 0 Å². The average molecular weight is 209 g/mol. The normalized spacial score (nSPS) is 10.2. The number of benzene rings is 1. The summed E-state index contributed by atoms with van der Waals surface area (Å²) in [6.07, 6.45) is 1.46. The molecule has 1 rings (SSSR count). The third-order valence-corrected chi connectivity index (χ3v) is 1.66. The molecule has 0 unspecified atom stereocenters. The fraction of sp³-hybridized carbons (Fsp3) is 0.111. The van der Waals surface area contributed by atoms with Gasteiger partial charge >= 0.3 is 0 Å². The van der Waals surface area contributed by atoms with E-state index < -0.39 is 0 Å². The Hall–Kier alpha value is -2.24. The van der Waals surface area contributed by atoms with Crippen molar-refractivity contribution < 1.29 is 14.9 Å². The molecule has 80 valence electrons. The molecule has 1 aromatic carbocycles. The Labute approximate surface area is 86.9 Å². The van der Waals surface area contributed by atoms with Gasteiger partial charge in [-0.15, -0.1) is 5.10 Å². The maximum Gasteiger partial charge on any atom is 0.256 e. The molecule has 0 atom stereocenters. The fourth-order valence-electron chi connectivity index (χ4n) is 0.997. The van der Waals surface area contributed by atoms with Gasteiger partial charge in [0.1, 0.15) is 0 Å². The summed E-state index contributed by atoms with van der Waals surface area (Å²) < 4.78 is 4.93. The standard InChI is InChI=1S/C9H12N4O2/c1-15-7-4-2-3-6(8(7)14)5-12-13-9(10)11/h2-5,14H,1H3,(H4,10,11,13)/p+1/b12-5+. The summed E-state index contributed by atoms with van der Waals surface area (Å²) >= 11 is 0. The van der Waals surface area contributed by atoms with Crippen LogP contribution in [-0.4, -0.2) is 24.4 Å². The number of rotatable bonds is 3. The molecular weight excluding hydrogens is 196 g/mol. The number of ether oxygens (including phenoxy) is 1. The van der Waals surface area contributed by atoms with Gasteiger partial charge in [0, 0.05) is 5.10 Å². The number of nitrogens with two attached hydrogens (primary N) is 2. The molecule has 0 bridgehead atoms. The van der Waals surface area contributed by atoms with E-state index in [9.17, 15) is 5.11 Å². The van der Waals surface area contributed by atoms with Gasteiger partial charge in [-0.3, -0.25) is 0 Å². The number of nitrogens with zero attached hydrogens (tertiary/aromatic N) is 1. The van der Waals surface area contributed by atoms with Gasteiger partial charge < -0.3 is 21.3 Å². The van der Waals surface area contributed by atoms with E-state index in [-0.39, 0.29) is 11.7 Å².